The molecule has 2 aromatic carbocycles. The summed E-state index contributed by atoms with van der Waals surface area (Å²) >= 11 is 0. The third kappa shape index (κ3) is 5.39. The fourth-order valence-corrected chi connectivity index (χ4v) is 4.62. The Bertz CT molecular complexity index is 1070. The maximum Gasteiger partial charge on any atom is 0.217 e. The van der Waals surface area contributed by atoms with Crippen molar-refractivity contribution in [1.29, 1.82) is 0 Å². The van der Waals surface area contributed by atoms with E-state index in [-0.39, 0.29) is 5.91 Å². The molecule has 3 aromatic rings. The molecule has 1 aliphatic rings. The van der Waals surface area contributed by atoms with Gasteiger partial charge in [-0.1, -0.05) is 38.0 Å². The first kappa shape index (κ1) is 22.1. The van der Waals surface area contributed by atoms with Crippen molar-refractivity contribution >= 4 is 22.6 Å². The van der Waals surface area contributed by atoms with Crippen LogP contribution in [-0.4, -0.2) is 18.0 Å². The molecule has 4 rings (SSSR count). The van der Waals surface area contributed by atoms with Gasteiger partial charge >= 0.3 is 0 Å². The molecular weight excluding hydrogens is 398 g/mol. The van der Waals surface area contributed by atoms with Gasteiger partial charge < -0.3 is 15.8 Å². The maximum absolute atomic E-state index is 11.4. The highest BCUT2D eigenvalue weighted by Crippen LogP contribution is 2.36. The second kappa shape index (κ2) is 10.0. The number of fused-ring (bicyclic) bond motifs is 1. The number of anilines is 1. The monoisotopic (exact) mass is 431 g/mol. The number of nitrogens with two attached hydrogens (primary N) is 1. The lowest BCUT2D eigenvalue weighted by molar-refractivity contribution is -0.117. The first-order valence-electron chi connectivity index (χ1n) is 11.6. The Morgan fingerprint density at radius 2 is 1.84 bits per heavy atom. The molecule has 1 fully saturated rings. The average molecular weight is 432 g/mol. The number of benzene rings is 2. The number of hydrogen-bond acceptors (Lipinski definition) is 4. The minimum atomic E-state index is -0.295. The predicted octanol–water partition coefficient (Wildman–Crippen LogP) is 5.57. The van der Waals surface area contributed by atoms with E-state index in [1.54, 1.807) is 7.11 Å². The number of aryl methyl sites for hydroxylation is 1. The summed E-state index contributed by atoms with van der Waals surface area (Å²) in [6.07, 6.45) is 6.02. The Balaban J connectivity index is 1.58. The van der Waals surface area contributed by atoms with Crippen molar-refractivity contribution in [2.45, 2.75) is 57.9 Å². The Hall–Kier alpha value is -3.08. The van der Waals surface area contributed by atoms with Crippen LogP contribution in [0.3, 0.4) is 0 Å². The number of carbonyl (C=O) groups is 1. The summed E-state index contributed by atoms with van der Waals surface area (Å²) in [4.78, 5) is 16.4. The third-order valence-corrected chi connectivity index (χ3v) is 6.66. The number of aromatic nitrogens is 1. The number of rotatable bonds is 8. The molecule has 5 nitrogen and oxygen atoms in total. The summed E-state index contributed by atoms with van der Waals surface area (Å²) < 4.78 is 5.24. The summed E-state index contributed by atoms with van der Waals surface area (Å²) in [7, 11) is 1.66. The summed E-state index contributed by atoms with van der Waals surface area (Å²) in [5, 5.41) is 4.60. The SMILES string of the molecule is COc1ccc(CNc2nc3ccc(C4CCC(C)CC4)cc3cc2CCC(N)=O)cc1. The van der Waals surface area contributed by atoms with Crippen molar-refractivity contribution in [3.05, 3.63) is 65.2 Å². The topological polar surface area (TPSA) is 77.2 Å². The number of methoxy groups -OCH3 is 1. The molecule has 0 saturated heterocycles. The van der Waals surface area contributed by atoms with Crippen LogP contribution in [0.4, 0.5) is 5.82 Å². The lowest BCUT2D eigenvalue weighted by atomic mass is 9.79. The van der Waals surface area contributed by atoms with E-state index in [0.29, 0.717) is 25.3 Å². The molecule has 0 unspecified atom stereocenters. The zero-order valence-corrected chi connectivity index (χ0v) is 19.1. The van der Waals surface area contributed by atoms with Crippen LogP contribution in [-0.2, 0) is 17.8 Å². The van der Waals surface area contributed by atoms with Gasteiger partial charge in [-0.05, 0) is 78.1 Å². The summed E-state index contributed by atoms with van der Waals surface area (Å²) in [5.74, 6) is 2.83. The van der Waals surface area contributed by atoms with Gasteiger partial charge in [0.05, 0.1) is 12.6 Å². The molecule has 0 radical (unpaired) electrons. The smallest absolute Gasteiger partial charge is 0.217 e. The number of ether oxygens (including phenoxy) is 1. The van der Waals surface area contributed by atoms with E-state index in [1.165, 1.54) is 31.2 Å². The normalized spacial score (nSPS) is 18.4. The standard InChI is InChI=1S/C27H33N3O2/c1-18-3-7-20(8-4-18)21-9-13-25-23(15-21)16-22(10-14-26(28)31)27(30-25)29-17-19-5-11-24(32-2)12-6-19/h5-6,9,11-13,15-16,18,20H,3-4,7-8,10,14,17H2,1-2H3,(H2,28,31)(H,29,30). The molecular formula is C27H33N3O2. The van der Waals surface area contributed by atoms with Crippen LogP contribution >= 0.6 is 0 Å². The van der Waals surface area contributed by atoms with Gasteiger partial charge in [0.15, 0.2) is 0 Å². The van der Waals surface area contributed by atoms with E-state index in [0.717, 1.165) is 39.5 Å². The number of pyridine rings is 1. The zero-order chi connectivity index (χ0) is 22.5. The molecule has 1 amide bonds. The fourth-order valence-electron chi connectivity index (χ4n) is 4.62. The lowest BCUT2D eigenvalue weighted by Gasteiger charge is -2.26. The summed E-state index contributed by atoms with van der Waals surface area (Å²) in [6.45, 7) is 3.00. The quantitative estimate of drug-likeness (QED) is 0.489. The van der Waals surface area contributed by atoms with Crippen LogP contribution < -0.4 is 15.8 Å². The maximum atomic E-state index is 11.4. The molecule has 3 N–H and O–H groups in total. The van der Waals surface area contributed by atoms with Crippen LogP contribution in [0.15, 0.2) is 48.5 Å². The Labute approximate surface area is 190 Å². The number of carbonyl (C=O) groups excluding carboxylic acids is 1. The Morgan fingerprint density at radius 1 is 1.09 bits per heavy atom. The number of nitrogens with zero attached hydrogens (tertiary/aromatic N) is 1. The molecule has 168 valence electrons. The largest absolute Gasteiger partial charge is 0.497 e. The zero-order valence-electron chi connectivity index (χ0n) is 19.1. The highest BCUT2D eigenvalue weighted by atomic mass is 16.5. The van der Waals surface area contributed by atoms with Crippen LogP contribution in [0.1, 0.15) is 61.6 Å². The van der Waals surface area contributed by atoms with Gasteiger partial charge in [0.1, 0.15) is 11.6 Å². The molecule has 0 aliphatic heterocycles. The number of amides is 1. The van der Waals surface area contributed by atoms with Crippen molar-refractivity contribution in [3.8, 4) is 5.75 Å². The van der Waals surface area contributed by atoms with Gasteiger partial charge in [0.2, 0.25) is 5.91 Å². The van der Waals surface area contributed by atoms with Crippen LogP contribution in [0.2, 0.25) is 0 Å². The van der Waals surface area contributed by atoms with Gasteiger partial charge in [-0.15, -0.1) is 0 Å². The molecule has 0 atom stereocenters. The van der Waals surface area contributed by atoms with Gasteiger partial charge in [-0.3, -0.25) is 4.79 Å². The highest BCUT2D eigenvalue weighted by Gasteiger charge is 2.20. The second-order valence-corrected chi connectivity index (χ2v) is 9.07. The first-order valence-corrected chi connectivity index (χ1v) is 11.6. The van der Waals surface area contributed by atoms with Crippen LogP contribution in [0.25, 0.3) is 10.9 Å². The summed E-state index contributed by atoms with van der Waals surface area (Å²) in [6, 6.07) is 16.8. The van der Waals surface area contributed by atoms with Crippen LogP contribution in [0.5, 0.6) is 5.75 Å². The van der Waals surface area contributed by atoms with E-state index >= 15 is 0 Å². The Morgan fingerprint density at radius 3 is 2.53 bits per heavy atom. The predicted molar refractivity (Wildman–Crippen MR) is 130 cm³/mol. The van der Waals surface area contributed by atoms with E-state index in [1.807, 2.05) is 24.3 Å². The first-order chi connectivity index (χ1) is 15.5. The molecule has 1 aliphatic carbocycles. The van der Waals surface area contributed by atoms with Crippen molar-refractivity contribution in [2.24, 2.45) is 11.7 Å². The van der Waals surface area contributed by atoms with Crippen molar-refractivity contribution < 1.29 is 9.53 Å². The molecule has 5 heteroatoms. The number of primary amides is 1. The molecule has 1 heterocycles. The van der Waals surface area contributed by atoms with Gasteiger partial charge in [-0.25, -0.2) is 4.98 Å². The molecule has 32 heavy (non-hydrogen) atoms. The minimum Gasteiger partial charge on any atom is -0.497 e. The van der Waals surface area contributed by atoms with E-state index in [2.05, 4.69) is 36.5 Å². The number of hydrogen-bond donors (Lipinski definition) is 2. The van der Waals surface area contributed by atoms with E-state index in [9.17, 15) is 4.79 Å². The van der Waals surface area contributed by atoms with Gasteiger partial charge in [0.25, 0.3) is 0 Å². The average Bonchev–Trinajstić information content (AvgIpc) is 2.81. The van der Waals surface area contributed by atoms with Crippen molar-refractivity contribution in [1.82, 2.24) is 4.98 Å². The van der Waals surface area contributed by atoms with Crippen molar-refractivity contribution in [2.75, 3.05) is 12.4 Å². The Kier molecular flexibility index (Phi) is 6.93. The molecule has 1 saturated carbocycles. The highest BCUT2D eigenvalue weighted by molar-refractivity contribution is 5.83. The van der Waals surface area contributed by atoms with Crippen LogP contribution in [0, 0.1) is 5.92 Å². The van der Waals surface area contributed by atoms with Gasteiger partial charge in [-0.2, -0.15) is 0 Å². The molecule has 1 aromatic heterocycles. The molecule has 0 spiro atoms. The van der Waals surface area contributed by atoms with E-state index in [4.69, 9.17) is 15.5 Å². The third-order valence-electron chi connectivity index (χ3n) is 6.66. The van der Waals surface area contributed by atoms with Crippen molar-refractivity contribution in [3.63, 3.8) is 0 Å². The van der Waals surface area contributed by atoms with Gasteiger partial charge in [0, 0.05) is 18.4 Å². The minimum absolute atomic E-state index is 0.295. The second-order valence-electron chi connectivity index (χ2n) is 9.07. The summed E-state index contributed by atoms with van der Waals surface area (Å²) in [5.41, 5.74) is 9.98. The lowest BCUT2D eigenvalue weighted by Crippen LogP contribution is -2.13. The number of nitrogens with one attached hydrogen (secondary N) is 1. The van der Waals surface area contributed by atoms with E-state index < -0.39 is 0 Å². The fraction of sp³-hybridized carbons (Fsp3) is 0.407. The molecule has 0 bridgehead atoms.